The molecule has 0 spiro atoms. The van der Waals surface area contributed by atoms with Gasteiger partial charge in [0.05, 0.1) is 31.4 Å². The highest BCUT2D eigenvalue weighted by molar-refractivity contribution is 7.61. The predicted octanol–water partition coefficient (Wildman–Crippen LogP) is 2.13. The molecule has 5 nitrogen and oxygen atoms in total. The van der Waals surface area contributed by atoms with E-state index in [9.17, 15) is 9.59 Å². The van der Waals surface area contributed by atoms with E-state index in [0.717, 1.165) is 17.3 Å². The number of fused-ring (bicyclic) bond motifs is 2. The fourth-order valence-electron chi connectivity index (χ4n) is 3.24. The van der Waals surface area contributed by atoms with E-state index in [1.54, 1.807) is 0 Å². The van der Waals surface area contributed by atoms with Crippen LogP contribution in [0.4, 0.5) is 0 Å². The molecule has 2 aliphatic rings. The number of methoxy groups -OCH3 is 2. The first-order valence-corrected chi connectivity index (χ1v) is 8.36. The Hall–Kier alpha value is -1.66. The minimum Gasteiger partial charge on any atom is -0.466 e. The number of esters is 2. The first-order chi connectivity index (χ1) is 9.99. The summed E-state index contributed by atoms with van der Waals surface area (Å²) >= 11 is 0. The lowest BCUT2D eigenvalue weighted by Gasteiger charge is -2.18. The Morgan fingerprint density at radius 3 is 1.86 bits per heavy atom. The first kappa shape index (κ1) is 15.7. The summed E-state index contributed by atoms with van der Waals surface area (Å²) in [5.74, 6) is -0.918. The van der Waals surface area contributed by atoms with Crippen LogP contribution >= 0.6 is 7.92 Å². The van der Waals surface area contributed by atoms with Gasteiger partial charge in [0.25, 0.3) is 0 Å². The van der Waals surface area contributed by atoms with Crippen LogP contribution < -0.4 is 0 Å². The zero-order chi connectivity index (χ0) is 15.7. The number of rotatable bonds is 4. The molecule has 6 heteroatoms. The van der Waals surface area contributed by atoms with Crippen LogP contribution in [0.25, 0.3) is 0 Å². The van der Waals surface area contributed by atoms with Crippen molar-refractivity contribution in [2.45, 2.75) is 31.6 Å². The molecule has 2 unspecified atom stereocenters. The van der Waals surface area contributed by atoms with Gasteiger partial charge in [0, 0.05) is 17.7 Å². The number of allylic oxidation sites excluding steroid dienone is 2. The summed E-state index contributed by atoms with van der Waals surface area (Å²) in [4.78, 5) is 24.3. The number of nitrogens with zero attached hydrogens (tertiary/aromatic N) is 1. The molecule has 2 atom stereocenters. The van der Waals surface area contributed by atoms with E-state index in [2.05, 4.69) is 6.07 Å². The lowest BCUT2D eigenvalue weighted by atomic mass is 9.87. The van der Waals surface area contributed by atoms with E-state index in [-0.39, 0.29) is 11.3 Å². The summed E-state index contributed by atoms with van der Waals surface area (Å²) in [6, 6.07) is 2.16. The second kappa shape index (κ2) is 5.99. The Morgan fingerprint density at radius 1 is 1.10 bits per heavy atom. The van der Waals surface area contributed by atoms with Crippen LogP contribution in [0.1, 0.15) is 20.3 Å². The van der Waals surface area contributed by atoms with Crippen molar-refractivity contribution in [2.75, 3.05) is 20.4 Å². The maximum atomic E-state index is 12.1. The number of carbonyl (C=O) groups excluding carboxylic acids is 2. The normalized spacial score (nSPS) is 26.9. The average molecular weight is 307 g/mol. The number of nitriles is 1. The van der Waals surface area contributed by atoms with Crippen LogP contribution in [0.3, 0.4) is 0 Å². The largest absolute Gasteiger partial charge is 0.466 e. The molecule has 0 saturated carbocycles. The molecular weight excluding hydrogens is 289 g/mol. The van der Waals surface area contributed by atoms with Crippen molar-refractivity contribution in [3.05, 3.63) is 22.3 Å². The number of hydrogen-bond acceptors (Lipinski definition) is 5. The van der Waals surface area contributed by atoms with E-state index >= 15 is 0 Å². The van der Waals surface area contributed by atoms with Gasteiger partial charge in [-0.05, 0) is 20.0 Å². The van der Waals surface area contributed by atoms with E-state index in [0.29, 0.717) is 17.6 Å². The minimum absolute atomic E-state index is 0.0695. The zero-order valence-corrected chi connectivity index (χ0v) is 13.5. The molecule has 0 aromatic rings. The van der Waals surface area contributed by atoms with Crippen LogP contribution in [0.15, 0.2) is 22.3 Å². The molecule has 2 aliphatic heterocycles. The van der Waals surface area contributed by atoms with Crippen molar-refractivity contribution in [3.63, 3.8) is 0 Å². The Morgan fingerprint density at radius 2 is 1.52 bits per heavy atom. The standard InChI is InChI=1S/C15H18NO4P/c1-8-9(2)13-11(15(18)20-4)10(14(17)19-3)12(8)21(13)7-5-6-16/h12-13H,5,7H2,1-4H3. The molecule has 2 rings (SSSR count). The van der Waals surface area contributed by atoms with Gasteiger partial charge in [-0.25, -0.2) is 9.59 Å². The van der Waals surface area contributed by atoms with Crippen molar-refractivity contribution >= 4 is 19.9 Å². The van der Waals surface area contributed by atoms with Gasteiger partial charge in [0.1, 0.15) is 0 Å². The van der Waals surface area contributed by atoms with Gasteiger partial charge in [0.15, 0.2) is 0 Å². The van der Waals surface area contributed by atoms with Gasteiger partial charge in [-0.15, -0.1) is 0 Å². The summed E-state index contributed by atoms with van der Waals surface area (Å²) < 4.78 is 9.73. The Labute approximate surface area is 125 Å². The Kier molecular flexibility index (Phi) is 4.49. The van der Waals surface area contributed by atoms with Crippen molar-refractivity contribution in [3.8, 4) is 6.07 Å². The highest BCUT2D eigenvalue weighted by Gasteiger charge is 2.53. The third-order valence-electron chi connectivity index (χ3n) is 4.24. The second-order valence-electron chi connectivity index (χ2n) is 5.13. The number of ether oxygens (including phenoxy) is 2. The molecule has 0 amide bonds. The zero-order valence-electron chi connectivity index (χ0n) is 12.6. The third-order valence-corrected chi connectivity index (χ3v) is 7.59. The lowest BCUT2D eigenvalue weighted by molar-refractivity contribution is -0.139. The minimum atomic E-state index is -0.668. The van der Waals surface area contributed by atoms with Gasteiger partial charge < -0.3 is 9.47 Å². The highest BCUT2D eigenvalue weighted by Crippen LogP contribution is 2.68. The van der Waals surface area contributed by atoms with Gasteiger partial charge in [-0.2, -0.15) is 5.26 Å². The van der Waals surface area contributed by atoms with Crippen LogP contribution in [-0.4, -0.2) is 43.6 Å². The van der Waals surface area contributed by atoms with Crippen molar-refractivity contribution in [2.24, 2.45) is 0 Å². The average Bonchev–Trinajstić information content (AvgIpc) is 2.94. The predicted molar refractivity (Wildman–Crippen MR) is 79.0 cm³/mol. The monoisotopic (exact) mass is 307 g/mol. The molecule has 0 aliphatic carbocycles. The molecule has 2 bridgehead atoms. The van der Waals surface area contributed by atoms with Crippen LogP contribution in [0.2, 0.25) is 0 Å². The third kappa shape index (κ3) is 2.28. The summed E-state index contributed by atoms with van der Waals surface area (Å²) in [7, 11) is 1.97. The smallest absolute Gasteiger partial charge is 0.335 e. The van der Waals surface area contributed by atoms with E-state index in [1.165, 1.54) is 14.2 Å². The summed E-state index contributed by atoms with van der Waals surface area (Å²) in [5, 5.41) is 8.84. The molecule has 21 heavy (non-hydrogen) atoms. The van der Waals surface area contributed by atoms with Crippen molar-refractivity contribution in [1.29, 1.82) is 5.26 Å². The molecule has 2 heterocycles. The van der Waals surface area contributed by atoms with Gasteiger partial charge >= 0.3 is 11.9 Å². The lowest BCUT2D eigenvalue weighted by Crippen LogP contribution is -2.24. The molecule has 0 saturated heterocycles. The van der Waals surface area contributed by atoms with E-state index in [1.807, 2.05) is 13.8 Å². The van der Waals surface area contributed by atoms with Crippen molar-refractivity contribution in [1.82, 2.24) is 0 Å². The maximum absolute atomic E-state index is 12.1. The molecule has 112 valence electrons. The van der Waals surface area contributed by atoms with Gasteiger partial charge in [0.2, 0.25) is 0 Å². The topological polar surface area (TPSA) is 76.4 Å². The Balaban J connectivity index is 2.50. The molecule has 0 fully saturated rings. The number of hydrogen-bond donors (Lipinski definition) is 0. The first-order valence-electron chi connectivity index (χ1n) is 6.70. The molecule has 0 aromatic carbocycles. The maximum Gasteiger partial charge on any atom is 0.335 e. The second-order valence-corrected chi connectivity index (χ2v) is 7.64. The summed E-state index contributed by atoms with van der Waals surface area (Å²) in [6.45, 7) is 4.00. The Bertz CT molecular complexity index is 557. The van der Waals surface area contributed by atoms with Gasteiger partial charge in [-0.1, -0.05) is 19.1 Å². The fourth-order valence-corrected chi connectivity index (χ4v) is 6.96. The van der Waals surface area contributed by atoms with Crippen LogP contribution in [-0.2, 0) is 19.1 Å². The van der Waals surface area contributed by atoms with E-state index < -0.39 is 19.9 Å². The molecular formula is C15H18NO4P. The fraction of sp³-hybridized carbons (Fsp3) is 0.533. The molecule has 0 radical (unpaired) electrons. The summed E-state index contributed by atoms with van der Waals surface area (Å²) in [5.41, 5.74) is 3.03. The summed E-state index contributed by atoms with van der Waals surface area (Å²) in [6.07, 6.45) is 1.15. The van der Waals surface area contributed by atoms with Crippen molar-refractivity contribution < 1.29 is 19.1 Å². The quantitative estimate of drug-likeness (QED) is 0.452. The highest BCUT2D eigenvalue weighted by atomic mass is 31.1. The van der Waals surface area contributed by atoms with Crippen LogP contribution in [0.5, 0.6) is 0 Å². The SMILES string of the molecule is COC(=O)C1=C(C(=O)OC)C2C(C)=C(C)C1P2CCC#N. The van der Waals surface area contributed by atoms with Gasteiger partial charge in [-0.3, -0.25) is 0 Å². The molecule has 0 aromatic heterocycles. The van der Waals surface area contributed by atoms with E-state index in [4.69, 9.17) is 14.7 Å². The van der Waals surface area contributed by atoms with Crippen LogP contribution in [0, 0.1) is 11.3 Å². The molecule has 0 N–H and O–H groups in total. The number of carbonyl (C=O) groups is 2.